The van der Waals surface area contributed by atoms with E-state index in [1.165, 1.54) is 19.3 Å². The van der Waals surface area contributed by atoms with Crippen molar-refractivity contribution in [3.63, 3.8) is 0 Å². The summed E-state index contributed by atoms with van der Waals surface area (Å²) < 4.78 is 0. The number of hydrogen-bond donors (Lipinski definition) is 3. The molecule has 3 amide bonds. The van der Waals surface area contributed by atoms with Gasteiger partial charge in [0.25, 0.3) is 0 Å². The van der Waals surface area contributed by atoms with Crippen LogP contribution in [0.15, 0.2) is 0 Å². The van der Waals surface area contributed by atoms with Gasteiger partial charge in [-0.25, -0.2) is 0 Å². The maximum Gasteiger partial charge on any atom is 0.243 e. The van der Waals surface area contributed by atoms with Gasteiger partial charge in [0.15, 0.2) is 0 Å². The minimum Gasteiger partial charge on any atom is -0.352 e. The highest BCUT2D eigenvalue weighted by Gasteiger charge is 2.55. The fourth-order valence-electron chi connectivity index (χ4n) is 5.87. The molecule has 6 nitrogen and oxygen atoms in total. The third-order valence-electron chi connectivity index (χ3n) is 6.63. The van der Waals surface area contributed by atoms with Crippen LogP contribution < -0.4 is 16.0 Å². The van der Waals surface area contributed by atoms with Gasteiger partial charge in [-0.3, -0.25) is 14.4 Å². The van der Waals surface area contributed by atoms with Gasteiger partial charge < -0.3 is 16.0 Å². The van der Waals surface area contributed by atoms with Crippen LogP contribution in [0.1, 0.15) is 66.2 Å². The Morgan fingerprint density at radius 3 is 1.85 bits per heavy atom. The van der Waals surface area contributed by atoms with Crippen molar-refractivity contribution in [3.8, 4) is 0 Å². The summed E-state index contributed by atoms with van der Waals surface area (Å²) in [6.45, 7) is 7.55. The van der Waals surface area contributed by atoms with Crippen molar-refractivity contribution in [1.29, 1.82) is 0 Å². The predicted molar refractivity (Wildman–Crippen MR) is 104 cm³/mol. The van der Waals surface area contributed by atoms with Gasteiger partial charge >= 0.3 is 0 Å². The average Bonchev–Trinajstić information content (AvgIpc) is 2.55. The zero-order valence-corrected chi connectivity index (χ0v) is 17.1. The first-order valence-corrected chi connectivity index (χ1v) is 10.6. The average molecular weight is 378 g/mol. The van der Waals surface area contributed by atoms with E-state index >= 15 is 0 Å². The normalized spacial score (nSPS) is 32.4. The van der Waals surface area contributed by atoms with E-state index < -0.39 is 6.04 Å². The van der Waals surface area contributed by atoms with E-state index in [-0.39, 0.29) is 41.6 Å². The molecule has 0 aromatic carbocycles. The Labute approximate surface area is 162 Å². The fraction of sp³-hybridized carbons (Fsp3) is 0.857. The molecule has 4 fully saturated rings. The Bertz CT molecular complexity index is 564. The Morgan fingerprint density at radius 1 is 0.889 bits per heavy atom. The topological polar surface area (TPSA) is 87.3 Å². The summed E-state index contributed by atoms with van der Waals surface area (Å²) in [4.78, 5) is 37.6. The smallest absolute Gasteiger partial charge is 0.243 e. The largest absolute Gasteiger partial charge is 0.352 e. The number of amides is 3. The lowest BCUT2D eigenvalue weighted by molar-refractivity contribution is -0.149. The highest BCUT2D eigenvalue weighted by Crippen LogP contribution is 2.60. The maximum absolute atomic E-state index is 13.2. The highest BCUT2D eigenvalue weighted by atomic mass is 16.2. The highest BCUT2D eigenvalue weighted by molar-refractivity contribution is 5.92. The van der Waals surface area contributed by atoms with E-state index in [1.54, 1.807) is 0 Å². The molecule has 6 heteroatoms. The summed E-state index contributed by atoms with van der Waals surface area (Å²) >= 11 is 0. The van der Waals surface area contributed by atoms with Crippen molar-refractivity contribution < 1.29 is 14.4 Å². The van der Waals surface area contributed by atoms with Gasteiger partial charge in [-0.2, -0.15) is 0 Å². The second kappa shape index (κ2) is 7.80. The molecule has 4 rings (SSSR count). The second-order valence-electron chi connectivity index (χ2n) is 9.83. The Kier molecular flexibility index (Phi) is 5.82. The molecule has 3 N–H and O–H groups in total. The molecule has 0 aromatic rings. The van der Waals surface area contributed by atoms with Crippen molar-refractivity contribution in [2.75, 3.05) is 6.54 Å². The number of carbonyl (C=O) groups is 3. The van der Waals surface area contributed by atoms with Crippen LogP contribution in [0.25, 0.3) is 0 Å². The zero-order chi connectivity index (χ0) is 19.8. The van der Waals surface area contributed by atoms with Crippen LogP contribution in [0.2, 0.25) is 0 Å². The van der Waals surface area contributed by atoms with Crippen LogP contribution in [0.3, 0.4) is 0 Å². The van der Waals surface area contributed by atoms with Crippen molar-refractivity contribution in [2.24, 2.45) is 29.1 Å². The molecular weight excluding hydrogens is 342 g/mol. The molecule has 0 saturated heterocycles. The van der Waals surface area contributed by atoms with Crippen molar-refractivity contribution >= 4 is 17.7 Å². The standard InChI is InChI=1S/C21H35N3O3/c1-12(2)18(19(26)22-11-17(25)23-13(3)4)24-20(27)21-8-14-5-15(9-21)7-16(6-14)10-21/h12-16,18H,5-11H2,1-4H3,(H,22,26)(H,23,25)(H,24,27). The summed E-state index contributed by atoms with van der Waals surface area (Å²) in [6.07, 6.45) is 6.79. The molecule has 0 spiro atoms. The van der Waals surface area contributed by atoms with E-state index in [0.29, 0.717) is 17.8 Å². The molecule has 0 aliphatic heterocycles. The van der Waals surface area contributed by atoms with Crippen molar-refractivity contribution in [3.05, 3.63) is 0 Å². The molecule has 4 saturated carbocycles. The summed E-state index contributed by atoms with van der Waals surface area (Å²) in [7, 11) is 0. The fourth-order valence-corrected chi connectivity index (χ4v) is 5.87. The Morgan fingerprint density at radius 2 is 1.41 bits per heavy atom. The molecule has 4 aliphatic carbocycles. The van der Waals surface area contributed by atoms with E-state index in [4.69, 9.17) is 0 Å². The molecule has 0 aromatic heterocycles. The molecule has 0 heterocycles. The summed E-state index contributed by atoms with van der Waals surface area (Å²) in [5, 5.41) is 8.49. The van der Waals surface area contributed by atoms with Gasteiger partial charge in [0.05, 0.1) is 6.54 Å². The van der Waals surface area contributed by atoms with Gasteiger partial charge in [-0.05, 0) is 76.0 Å². The number of hydrogen-bond acceptors (Lipinski definition) is 3. The van der Waals surface area contributed by atoms with E-state index in [1.807, 2.05) is 27.7 Å². The molecule has 152 valence electrons. The summed E-state index contributed by atoms with van der Waals surface area (Å²) in [6, 6.07) is -0.566. The SMILES string of the molecule is CC(C)NC(=O)CNC(=O)C(NC(=O)C12CC3CC(CC(C3)C1)C2)C(C)C. The van der Waals surface area contributed by atoms with Crippen LogP contribution in [0, 0.1) is 29.1 Å². The first-order chi connectivity index (χ1) is 12.7. The predicted octanol–water partition coefficient (Wildman–Crippen LogP) is 1.98. The lowest BCUT2D eigenvalue weighted by Gasteiger charge is -2.55. The first kappa shape index (κ1) is 20.2. The van der Waals surface area contributed by atoms with Crippen LogP contribution in [0.4, 0.5) is 0 Å². The van der Waals surface area contributed by atoms with Crippen molar-refractivity contribution in [2.45, 2.75) is 78.3 Å². The lowest BCUT2D eigenvalue weighted by atomic mass is 9.49. The Balaban J connectivity index is 1.60. The van der Waals surface area contributed by atoms with Gasteiger partial charge in [0.1, 0.15) is 6.04 Å². The van der Waals surface area contributed by atoms with Gasteiger partial charge in [-0.1, -0.05) is 13.8 Å². The molecule has 4 bridgehead atoms. The van der Waals surface area contributed by atoms with E-state index in [0.717, 1.165) is 19.3 Å². The minimum atomic E-state index is -0.600. The zero-order valence-electron chi connectivity index (χ0n) is 17.1. The monoisotopic (exact) mass is 377 g/mol. The van der Waals surface area contributed by atoms with Crippen LogP contribution in [-0.4, -0.2) is 36.3 Å². The Hall–Kier alpha value is -1.59. The molecule has 4 aliphatic rings. The number of nitrogens with one attached hydrogen (secondary N) is 3. The molecular formula is C21H35N3O3. The van der Waals surface area contributed by atoms with E-state index in [2.05, 4.69) is 16.0 Å². The van der Waals surface area contributed by atoms with Crippen LogP contribution in [-0.2, 0) is 14.4 Å². The maximum atomic E-state index is 13.2. The lowest BCUT2D eigenvalue weighted by Crippen LogP contribution is -2.58. The summed E-state index contributed by atoms with van der Waals surface area (Å²) in [5.74, 6) is 1.60. The number of carbonyl (C=O) groups excluding carboxylic acids is 3. The number of rotatable bonds is 7. The third-order valence-corrected chi connectivity index (χ3v) is 6.63. The third kappa shape index (κ3) is 4.46. The molecule has 27 heavy (non-hydrogen) atoms. The summed E-state index contributed by atoms with van der Waals surface area (Å²) in [5.41, 5.74) is -0.267. The minimum absolute atomic E-state index is 0.0315. The van der Waals surface area contributed by atoms with Crippen molar-refractivity contribution in [1.82, 2.24) is 16.0 Å². The van der Waals surface area contributed by atoms with Crippen LogP contribution >= 0.6 is 0 Å². The van der Waals surface area contributed by atoms with E-state index in [9.17, 15) is 14.4 Å². The molecule has 1 unspecified atom stereocenters. The van der Waals surface area contributed by atoms with Crippen LogP contribution in [0.5, 0.6) is 0 Å². The first-order valence-electron chi connectivity index (χ1n) is 10.6. The molecule has 1 atom stereocenters. The second-order valence-corrected chi connectivity index (χ2v) is 9.83. The van der Waals surface area contributed by atoms with Gasteiger partial charge in [-0.15, -0.1) is 0 Å². The quantitative estimate of drug-likeness (QED) is 0.634. The van der Waals surface area contributed by atoms with Gasteiger partial charge in [0.2, 0.25) is 17.7 Å². The van der Waals surface area contributed by atoms with Gasteiger partial charge in [0, 0.05) is 11.5 Å². The molecule has 0 radical (unpaired) electrons.